The predicted molar refractivity (Wildman–Crippen MR) is 103 cm³/mol. The number of carbonyl (C=O) groups is 1. The van der Waals surface area contributed by atoms with E-state index in [0.717, 1.165) is 12.8 Å². The third-order valence-electron chi connectivity index (χ3n) is 5.22. The summed E-state index contributed by atoms with van der Waals surface area (Å²) in [5.41, 5.74) is -0.169. The summed E-state index contributed by atoms with van der Waals surface area (Å²) in [5, 5.41) is 2.80. The van der Waals surface area contributed by atoms with E-state index >= 15 is 0 Å². The van der Waals surface area contributed by atoms with Gasteiger partial charge in [-0.2, -0.15) is 0 Å². The smallest absolute Gasteiger partial charge is 0.329 e. The van der Waals surface area contributed by atoms with Gasteiger partial charge >= 0.3 is 5.69 Å². The Balaban J connectivity index is 1.84. The minimum absolute atomic E-state index is 0.0407. The van der Waals surface area contributed by atoms with Crippen molar-refractivity contribution in [2.24, 2.45) is 0 Å². The van der Waals surface area contributed by atoms with Gasteiger partial charge < -0.3 is 5.32 Å². The van der Waals surface area contributed by atoms with E-state index in [9.17, 15) is 22.8 Å². The Morgan fingerprint density at radius 2 is 2.07 bits per heavy atom. The normalized spacial score (nSPS) is 21.1. The van der Waals surface area contributed by atoms with Gasteiger partial charge in [0.2, 0.25) is 0 Å². The van der Waals surface area contributed by atoms with Gasteiger partial charge in [-0.3, -0.25) is 19.1 Å². The van der Waals surface area contributed by atoms with Crippen LogP contribution >= 0.6 is 0 Å². The Morgan fingerprint density at radius 1 is 1.32 bits per heavy atom. The van der Waals surface area contributed by atoms with E-state index in [0.29, 0.717) is 25.1 Å². The first-order valence-corrected chi connectivity index (χ1v) is 11.3. The van der Waals surface area contributed by atoms with Gasteiger partial charge in [-0.25, -0.2) is 18.2 Å². The number of hydrogen-bond acceptors (Lipinski definition) is 6. The first-order valence-electron chi connectivity index (χ1n) is 9.48. The average Bonchev–Trinajstić information content (AvgIpc) is 3.42. The van der Waals surface area contributed by atoms with Crippen molar-refractivity contribution in [2.75, 3.05) is 11.5 Å². The summed E-state index contributed by atoms with van der Waals surface area (Å²) in [7, 11) is -3.15. The summed E-state index contributed by atoms with van der Waals surface area (Å²) in [6.45, 7) is 2.28. The number of nitrogens with zero attached hydrogens (tertiary/aromatic N) is 2. The summed E-state index contributed by atoms with van der Waals surface area (Å²) in [6, 6.07) is 1.13. The Morgan fingerprint density at radius 3 is 2.68 bits per heavy atom. The molecule has 2 aliphatic rings. The number of pyridine rings is 1. The molecule has 4 rings (SSSR count). The van der Waals surface area contributed by atoms with E-state index in [1.165, 1.54) is 4.57 Å². The number of aryl methyl sites for hydroxylation is 1. The van der Waals surface area contributed by atoms with Crippen molar-refractivity contribution in [3.8, 4) is 0 Å². The summed E-state index contributed by atoms with van der Waals surface area (Å²) in [5.74, 6) is -0.358. The van der Waals surface area contributed by atoms with Crippen LogP contribution in [0.4, 0.5) is 0 Å². The number of rotatable bonds is 5. The van der Waals surface area contributed by atoms with Crippen LogP contribution in [-0.4, -0.2) is 46.4 Å². The Kier molecular flexibility index (Phi) is 4.60. The van der Waals surface area contributed by atoms with Crippen molar-refractivity contribution in [2.45, 2.75) is 51.1 Å². The molecule has 1 aliphatic carbocycles. The van der Waals surface area contributed by atoms with Gasteiger partial charge in [-0.05, 0) is 31.7 Å². The van der Waals surface area contributed by atoms with Crippen LogP contribution in [0.3, 0.4) is 0 Å². The van der Waals surface area contributed by atoms with Crippen molar-refractivity contribution in [1.29, 1.82) is 0 Å². The third-order valence-corrected chi connectivity index (χ3v) is 6.99. The molecule has 1 amide bonds. The van der Waals surface area contributed by atoms with Crippen molar-refractivity contribution >= 4 is 26.8 Å². The van der Waals surface area contributed by atoms with Crippen LogP contribution in [0, 0.1) is 0 Å². The Hall–Kier alpha value is -2.49. The lowest BCUT2D eigenvalue weighted by molar-refractivity contribution is 0.0942. The number of amides is 1. The molecule has 2 N–H and O–H groups in total. The zero-order valence-corrected chi connectivity index (χ0v) is 16.3. The number of fused-ring (bicyclic) bond motifs is 1. The van der Waals surface area contributed by atoms with E-state index in [1.807, 2.05) is 6.92 Å². The maximum absolute atomic E-state index is 13.0. The van der Waals surface area contributed by atoms with Gasteiger partial charge in [0.15, 0.2) is 15.5 Å². The molecule has 0 bridgehead atoms. The fraction of sp³-hybridized carbons (Fsp3) is 0.556. The van der Waals surface area contributed by atoms with Gasteiger partial charge in [0.05, 0.1) is 22.5 Å². The molecule has 0 aromatic carbocycles. The molecule has 1 atom stereocenters. The molecule has 2 aromatic heterocycles. The number of sulfone groups is 1. The van der Waals surface area contributed by atoms with Crippen LogP contribution in [0.25, 0.3) is 11.0 Å². The molecule has 1 saturated carbocycles. The molecule has 150 valence electrons. The van der Waals surface area contributed by atoms with Gasteiger partial charge in [-0.1, -0.05) is 6.92 Å². The van der Waals surface area contributed by atoms with Crippen molar-refractivity contribution < 1.29 is 13.2 Å². The minimum Gasteiger partial charge on any atom is -0.348 e. The number of H-pyrrole nitrogens is 1. The molecule has 1 saturated heterocycles. The number of aromatic nitrogens is 3. The van der Waals surface area contributed by atoms with Crippen LogP contribution in [0.2, 0.25) is 0 Å². The molecular formula is C18H22N4O5S. The quantitative estimate of drug-likeness (QED) is 0.734. The zero-order valence-electron chi connectivity index (χ0n) is 15.5. The first-order chi connectivity index (χ1) is 13.3. The van der Waals surface area contributed by atoms with E-state index in [4.69, 9.17) is 0 Å². The lowest BCUT2D eigenvalue weighted by atomic mass is 10.1. The van der Waals surface area contributed by atoms with E-state index in [2.05, 4.69) is 15.3 Å². The highest BCUT2D eigenvalue weighted by atomic mass is 32.2. The van der Waals surface area contributed by atoms with Gasteiger partial charge in [0, 0.05) is 24.2 Å². The number of nitrogens with one attached hydrogen (secondary N) is 2. The Bertz CT molecular complexity index is 1180. The van der Waals surface area contributed by atoms with Crippen molar-refractivity contribution in [3.05, 3.63) is 38.2 Å². The van der Waals surface area contributed by atoms with E-state index in [1.54, 1.807) is 6.07 Å². The van der Waals surface area contributed by atoms with Gasteiger partial charge in [0.1, 0.15) is 0 Å². The largest absolute Gasteiger partial charge is 0.348 e. The molecule has 10 heteroatoms. The highest BCUT2D eigenvalue weighted by Crippen LogP contribution is 2.39. The van der Waals surface area contributed by atoms with Crippen molar-refractivity contribution in [1.82, 2.24) is 19.9 Å². The van der Waals surface area contributed by atoms with Crippen LogP contribution < -0.4 is 16.6 Å². The molecular weight excluding hydrogens is 384 g/mol. The van der Waals surface area contributed by atoms with Crippen LogP contribution in [0.5, 0.6) is 0 Å². The molecule has 1 aliphatic heterocycles. The van der Waals surface area contributed by atoms with E-state index < -0.39 is 33.0 Å². The van der Waals surface area contributed by atoms with Gasteiger partial charge in [-0.15, -0.1) is 0 Å². The lowest BCUT2D eigenvalue weighted by Gasteiger charge is -2.15. The molecule has 2 aromatic rings. The third kappa shape index (κ3) is 3.48. The molecule has 3 heterocycles. The number of carbonyl (C=O) groups excluding carboxylic acids is 1. The standard InChI is InChI=1S/C18H22N4O5S/c1-2-6-22-15-14(17(24)21-18(22)25)12(8-13(20-15)10-3-4-10)16(23)19-11-5-7-28(26,27)9-11/h8,10-11H,2-7,9H2,1H3,(H,19,23)(H,21,24,25)/t11-/m1/s1. The summed E-state index contributed by atoms with van der Waals surface area (Å²) in [6.07, 6.45) is 2.91. The number of hydrogen-bond donors (Lipinski definition) is 2. The number of aromatic amines is 1. The Labute approximate surface area is 161 Å². The molecule has 2 fully saturated rings. The molecule has 0 radical (unpaired) electrons. The topological polar surface area (TPSA) is 131 Å². The van der Waals surface area contributed by atoms with Crippen molar-refractivity contribution in [3.63, 3.8) is 0 Å². The lowest BCUT2D eigenvalue weighted by Crippen LogP contribution is -2.37. The second kappa shape index (κ2) is 6.84. The maximum atomic E-state index is 13.0. The maximum Gasteiger partial charge on any atom is 0.329 e. The highest BCUT2D eigenvalue weighted by molar-refractivity contribution is 7.91. The van der Waals surface area contributed by atoms with Crippen LogP contribution in [0.15, 0.2) is 15.7 Å². The highest BCUT2D eigenvalue weighted by Gasteiger charge is 2.32. The minimum atomic E-state index is -3.15. The SMILES string of the molecule is CCCn1c(=O)[nH]c(=O)c2c(C(=O)N[C@@H]3CCS(=O)(=O)C3)cc(C3CC3)nc21. The average molecular weight is 406 g/mol. The molecule has 28 heavy (non-hydrogen) atoms. The first kappa shape index (κ1) is 18.9. The summed E-state index contributed by atoms with van der Waals surface area (Å²) < 4.78 is 24.7. The van der Waals surface area contributed by atoms with Crippen LogP contribution in [0.1, 0.15) is 54.6 Å². The predicted octanol–water partition coefficient (Wildman–Crippen LogP) is 0.289. The molecule has 0 spiro atoms. The summed E-state index contributed by atoms with van der Waals surface area (Å²) >= 11 is 0. The van der Waals surface area contributed by atoms with E-state index in [-0.39, 0.29) is 34.0 Å². The fourth-order valence-corrected chi connectivity index (χ4v) is 5.34. The summed E-state index contributed by atoms with van der Waals surface area (Å²) in [4.78, 5) is 44.6. The zero-order chi connectivity index (χ0) is 20.1. The monoisotopic (exact) mass is 406 g/mol. The molecule has 9 nitrogen and oxygen atoms in total. The van der Waals surface area contributed by atoms with Gasteiger partial charge in [0.25, 0.3) is 11.5 Å². The molecule has 0 unspecified atom stereocenters. The van der Waals surface area contributed by atoms with Crippen LogP contribution in [-0.2, 0) is 16.4 Å². The second-order valence-corrected chi connectivity index (χ2v) is 9.78. The fourth-order valence-electron chi connectivity index (χ4n) is 3.66. The second-order valence-electron chi connectivity index (χ2n) is 7.55.